The van der Waals surface area contributed by atoms with E-state index in [0.717, 1.165) is 32.1 Å². The van der Waals surface area contributed by atoms with Crippen LogP contribution >= 0.6 is 0 Å². The standard InChI is InChI=1S/C35H51N5O10/c1-2-3-16-36-31(43)7-5-4-6-17-37-32(44)14-11-27-10-13-30(42)28(38-27)22-40(24-35(49)50)19-18-39(23-34(47)48)21-26-20-25(8-12-29(26)41)9-15-33(45)46/h8,10,12-13,20,41-42H,2-7,9,11,14-19,21-24H2,1H3,(H,36,43)(H,37,44)(H,45,46)(H,47,48)(H,49,50). The molecule has 1 aromatic heterocycles. The van der Waals surface area contributed by atoms with Gasteiger partial charge in [-0.1, -0.05) is 31.9 Å². The Morgan fingerprint density at radius 1 is 0.680 bits per heavy atom. The topological polar surface area (TPSA) is 230 Å². The fraction of sp³-hybridized carbons (Fsp3) is 0.543. The number of benzene rings is 1. The summed E-state index contributed by atoms with van der Waals surface area (Å²) >= 11 is 0. The minimum Gasteiger partial charge on any atom is -0.508 e. The number of aromatic nitrogens is 1. The fourth-order valence-electron chi connectivity index (χ4n) is 5.15. The number of carboxylic acid groups (broad SMARTS) is 3. The second-order valence-electron chi connectivity index (χ2n) is 12.2. The number of pyridine rings is 1. The summed E-state index contributed by atoms with van der Waals surface area (Å²) in [6, 6.07) is 7.66. The van der Waals surface area contributed by atoms with Gasteiger partial charge >= 0.3 is 17.9 Å². The molecule has 50 heavy (non-hydrogen) atoms. The van der Waals surface area contributed by atoms with Crippen LogP contribution in [0.4, 0.5) is 0 Å². The lowest BCUT2D eigenvalue weighted by Crippen LogP contribution is -2.39. The second kappa shape index (κ2) is 22.8. The molecule has 1 aromatic carbocycles. The molecule has 15 nitrogen and oxygen atoms in total. The molecule has 2 rings (SSSR count). The molecule has 0 radical (unpaired) electrons. The van der Waals surface area contributed by atoms with Gasteiger partial charge in [0.05, 0.1) is 18.8 Å². The van der Waals surface area contributed by atoms with E-state index >= 15 is 0 Å². The SMILES string of the molecule is CCCCNC(=O)CCCCCNC(=O)CCc1ccc(O)c(CN(CCN(CC(=O)O)Cc2cc(CCC(=O)O)ccc2O)CC(=O)O)n1. The van der Waals surface area contributed by atoms with Crippen LogP contribution < -0.4 is 10.6 Å². The van der Waals surface area contributed by atoms with Crippen LogP contribution in [0.2, 0.25) is 0 Å². The molecule has 0 bridgehead atoms. The highest BCUT2D eigenvalue weighted by molar-refractivity contribution is 5.76. The van der Waals surface area contributed by atoms with Gasteiger partial charge in [0, 0.05) is 69.8 Å². The molecule has 7 N–H and O–H groups in total. The number of carbonyl (C=O) groups is 5. The number of nitrogens with zero attached hydrogens (tertiary/aromatic N) is 3. The van der Waals surface area contributed by atoms with Crippen LogP contribution in [0.25, 0.3) is 0 Å². The van der Waals surface area contributed by atoms with Crippen LogP contribution in [0.15, 0.2) is 30.3 Å². The molecule has 0 atom stereocenters. The fourth-order valence-corrected chi connectivity index (χ4v) is 5.15. The van der Waals surface area contributed by atoms with E-state index in [1.54, 1.807) is 18.2 Å². The average molecular weight is 702 g/mol. The van der Waals surface area contributed by atoms with Gasteiger partial charge in [-0.15, -0.1) is 0 Å². The molecule has 276 valence electrons. The molecule has 1 heterocycles. The second-order valence-corrected chi connectivity index (χ2v) is 12.2. The summed E-state index contributed by atoms with van der Waals surface area (Å²) in [6.07, 6.45) is 5.34. The maximum absolute atomic E-state index is 12.4. The van der Waals surface area contributed by atoms with Crippen molar-refractivity contribution in [1.82, 2.24) is 25.4 Å². The third-order valence-corrected chi connectivity index (χ3v) is 7.86. The third-order valence-electron chi connectivity index (χ3n) is 7.86. The lowest BCUT2D eigenvalue weighted by Gasteiger charge is -2.26. The van der Waals surface area contributed by atoms with Crippen LogP contribution in [0.1, 0.15) is 80.8 Å². The summed E-state index contributed by atoms with van der Waals surface area (Å²) in [7, 11) is 0. The molecule has 0 aliphatic carbocycles. The van der Waals surface area contributed by atoms with E-state index in [1.165, 1.54) is 21.9 Å². The van der Waals surface area contributed by atoms with Crippen LogP contribution in [0.5, 0.6) is 11.5 Å². The molecule has 0 spiro atoms. The van der Waals surface area contributed by atoms with Crippen LogP contribution in [0, 0.1) is 0 Å². The quantitative estimate of drug-likeness (QED) is 0.0700. The first-order valence-electron chi connectivity index (χ1n) is 17.0. The van der Waals surface area contributed by atoms with E-state index in [0.29, 0.717) is 36.3 Å². The van der Waals surface area contributed by atoms with Gasteiger partial charge in [-0.2, -0.15) is 0 Å². The van der Waals surface area contributed by atoms with E-state index in [1.807, 2.05) is 0 Å². The molecule has 0 fully saturated rings. The lowest BCUT2D eigenvalue weighted by molar-refractivity contribution is -0.140. The Kier molecular flexibility index (Phi) is 18.9. The van der Waals surface area contributed by atoms with Crippen molar-refractivity contribution in [1.29, 1.82) is 0 Å². The van der Waals surface area contributed by atoms with Crippen LogP contribution in [0.3, 0.4) is 0 Å². The molecule has 0 saturated heterocycles. The Hall–Kier alpha value is -4.76. The molecular formula is C35H51N5O10. The van der Waals surface area contributed by atoms with Gasteiger partial charge in [0.15, 0.2) is 0 Å². The molecule has 0 aliphatic heterocycles. The van der Waals surface area contributed by atoms with E-state index in [9.17, 15) is 44.4 Å². The number of rotatable bonds is 26. The maximum Gasteiger partial charge on any atom is 0.317 e. The Balaban J connectivity index is 1.94. The molecule has 0 saturated carbocycles. The summed E-state index contributed by atoms with van der Waals surface area (Å²) in [5, 5.41) is 54.7. The normalized spacial score (nSPS) is 11.1. The van der Waals surface area contributed by atoms with Gasteiger partial charge in [-0.05, 0) is 55.9 Å². The van der Waals surface area contributed by atoms with Gasteiger partial charge in [-0.25, -0.2) is 0 Å². The van der Waals surface area contributed by atoms with Gasteiger partial charge < -0.3 is 36.2 Å². The number of carbonyl (C=O) groups excluding carboxylic acids is 2. The Morgan fingerprint density at radius 2 is 1.30 bits per heavy atom. The predicted molar refractivity (Wildman–Crippen MR) is 184 cm³/mol. The number of hydrogen-bond donors (Lipinski definition) is 7. The van der Waals surface area contributed by atoms with Crippen molar-refractivity contribution < 1.29 is 49.5 Å². The van der Waals surface area contributed by atoms with Crippen molar-refractivity contribution in [3.05, 3.63) is 52.8 Å². The Labute approximate surface area is 292 Å². The van der Waals surface area contributed by atoms with Gasteiger partial charge in [0.2, 0.25) is 11.8 Å². The summed E-state index contributed by atoms with van der Waals surface area (Å²) in [6.45, 7) is 2.54. The summed E-state index contributed by atoms with van der Waals surface area (Å²) in [5.74, 6) is -3.59. The highest BCUT2D eigenvalue weighted by atomic mass is 16.4. The summed E-state index contributed by atoms with van der Waals surface area (Å²) in [5.41, 5.74) is 1.80. The molecule has 0 unspecified atom stereocenters. The maximum atomic E-state index is 12.4. The molecule has 15 heteroatoms. The number of aromatic hydroxyl groups is 2. The number of aryl methyl sites for hydroxylation is 2. The highest BCUT2D eigenvalue weighted by Crippen LogP contribution is 2.22. The largest absolute Gasteiger partial charge is 0.508 e. The van der Waals surface area contributed by atoms with Crippen molar-refractivity contribution in [3.63, 3.8) is 0 Å². The first-order valence-corrected chi connectivity index (χ1v) is 17.0. The Bertz CT molecular complexity index is 1420. The Morgan fingerprint density at radius 3 is 1.94 bits per heavy atom. The van der Waals surface area contributed by atoms with Crippen LogP contribution in [-0.2, 0) is 49.9 Å². The molecule has 0 aliphatic rings. The number of amides is 2. The smallest absolute Gasteiger partial charge is 0.317 e. The number of phenols is 1. The zero-order valence-electron chi connectivity index (χ0n) is 28.7. The number of aliphatic carboxylic acids is 3. The predicted octanol–water partition coefficient (Wildman–Crippen LogP) is 2.51. The number of nitrogens with one attached hydrogen (secondary N) is 2. The molecule has 2 amide bonds. The zero-order valence-corrected chi connectivity index (χ0v) is 28.7. The van der Waals surface area contributed by atoms with Crippen molar-refractivity contribution in [2.75, 3.05) is 39.3 Å². The van der Waals surface area contributed by atoms with Crippen molar-refractivity contribution in [2.24, 2.45) is 0 Å². The van der Waals surface area contributed by atoms with Gasteiger partial charge in [-0.3, -0.25) is 38.8 Å². The molecular weight excluding hydrogens is 650 g/mol. The zero-order chi connectivity index (χ0) is 36.9. The highest BCUT2D eigenvalue weighted by Gasteiger charge is 2.19. The van der Waals surface area contributed by atoms with Crippen molar-refractivity contribution >= 4 is 29.7 Å². The number of unbranched alkanes of at least 4 members (excludes halogenated alkanes) is 3. The first kappa shape index (κ1) is 41.4. The molecule has 2 aromatic rings. The first-order chi connectivity index (χ1) is 23.9. The van der Waals surface area contributed by atoms with Crippen molar-refractivity contribution in [3.8, 4) is 11.5 Å². The lowest BCUT2D eigenvalue weighted by atomic mass is 10.0. The minimum atomic E-state index is -1.14. The number of hydrogen-bond acceptors (Lipinski definition) is 10. The monoisotopic (exact) mass is 701 g/mol. The van der Waals surface area contributed by atoms with Gasteiger partial charge in [0.1, 0.15) is 11.5 Å². The van der Waals surface area contributed by atoms with Crippen LogP contribution in [-0.4, -0.2) is 109 Å². The van der Waals surface area contributed by atoms with Crippen molar-refractivity contribution in [2.45, 2.75) is 84.2 Å². The van der Waals surface area contributed by atoms with E-state index < -0.39 is 31.0 Å². The number of carboxylic acids is 3. The van der Waals surface area contributed by atoms with E-state index in [4.69, 9.17) is 5.11 Å². The van der Waals surface area contributed by atoms with E-state index in [2.05, 4.69) is 22.5 Å². The minimum absolute atomic E-state index is 0.0112. The summed E-state index contributed by atoms with van der Waals surface area (Å²) < 4.78 is 0. The average Bonchev–Trinajstić information content (AvgIpc) is 3.05. The number of phenolic OH excluding ortho intramolecular Hbond substituents is 1. The van der Waals surface area contributed by atoms with E-state index in [-0.39, 0.29) is 80.9 Å². The third kappa shape index (κ3) is 17.6. The summed E-state index contributed by atoms with van der Waals surface area (Å²) in [4.78, 5) is 65.9. The van der Waals surface area contributed by atoms with Gasteiger partial charge in [0.25, 0.3) is 0 Å².